The number of carbonyl (C=O) groups excluding carboxylic acids is 1. The molecule has 0 aliphatic carbocycles. The van der Waals surface area contributed by atoms with Gasteiger partial charge >= 0.3 is 0 Å². The second kappa shape index (κ2) is 7.28. The monoisotopic (exact) mass is 289 g/mol. The van der Waals surface area contributed by atoms with Crippen molar-refractivity contribution < 1.29 is 18.7 Å². The number of ether oxygens (including phenoxy) is 2. The van der Waals surface area contributed by atoms with Crippen LogP contribution < -0.4 is 14.8 Å². The molecule has 0 bridgehead atoms. The van der Waals surface area contributed by atoms with Gasteiger partial charge in [-0.15, -0.1) is 0 Å². The summed E-state index contributed by atoms with van der Waals surface area (Å²) in [4.78, 5) is 11.7. The minimum atomic E-state index is -0.405. The molecule has 0 aliphatic rings. The molecular weight excluding hydrogens is 273 g/mol. The number of hydrogen-bond donors (Lipinski definition) is 1. The van der Waals surface area contributed by atoms with Gasteiger partial charge in [-0.2, -0.15) is 0 Å². The molecule has 5 heteroatoms. The molecule has 0 spiro atoms. The lowest BCUT2D eigenvalue weighted by molar-refractivity contribution is -0.118. The van der Waals surface area contributed by atoms with Crippen LogP contribution in [0.1, 0.15) is 6.92 Å². The topological polar surface area (TPSA) is 47.6 Å². The molecule has 4 nitrogen and oxygen atoms in total. The van der Waals surface area contributed by atoms with Gasteiger partial charge in [-0.1, -0.05) is 12.1 Å². The van der Waals surface area contributed by atoms with Gasteiger partial charge in [0, 0.05) is 11.8 Å². The fourth-order valence-corrected chi connectivity index (χ4v) is 1.73. The van der Waals surface area contributed by atoms with Crippen LogP contribution in [0.2, 0.25) is 0 Å². The van der Waals surface area contributed by atoms with E-state index in [-0.39, 0.29) is 12.5 Å². The van der Waals surface area contributed by atoms with Crippen LogP contribution in [-0.2, 0) is 4.79 Å². The van der Waals surface area contributed by atoms with Crippen LogP contribution in [0, 0.1) is 5.82 Å². The Labute approximate surface area is 122 Å². The zero-order valence-corrected chi connectivity index (χ0v) is 11.6. The lowest BCUT2D eigenvalue weighted by Gasteiger charge is -2.09. The van der Waals surface area contributed by atoms with Crippen molar-refractivity contribution in [2.24, 2.45) is 0 Å². The van der Waals surface area contributed by atoms with Crippen molar-refractivity contribution in [1.82, 2.24) is 0 Å². The standard InChI is InChI=1S/C16H16FNO3/c1-2-20-14-7-4-8-15(10-14)21-11-16(19)18-13-6-3-5-12(17)9-13/h3-10H,2,11H2,1H3,(H,18,19). The molecule has 1 amide bonds. The molecular formula is C16H16FNO3. The van der Waals surface area contributed by atoms with Crippen LogP contribution in [0.3, 0.4) is 0 Å². The van der Waals surface area contributed by atoms with Crippen molar-refractivity contribution in [2.45, 2.75) is 6.92 Å². The molecule has 0 unspecified atom stereocenters. The van der Waals surface area contributed by atoms with E-state index in [0.29, 0.717) is 23.8 Å². The Bertz CT molecular complexity index is 616. The van der Waals surface area contributed by atoms with E-state index in [0.717, 1.165) is 0 Å². The summed E-state index contributed by atoms with van der Waals surface area (Å²) in [6.07, 6.45) is 0. The van der Waals surface area contributed by atoms with Gasteiger partial charge in [0.25, 0.3) is 5.91 Å². The van der Waals surface area contributed by atoms with Gasteiger partial charge in [0.05, 0.1) is 6.61 Å². The number of nitrogens with one attached hydrogen (secondary N) is 1. The van der Waals surface area contributed by atoms with E-state index in [1.165, 1.54) is 18.2 Å². The lowest BCUT2D eigenvalue weighted by atomic mass is 10.3. The predicted molar refractivity (Wildman–Crippen MR) is 78.1 cm³/mol. The molecule has 0 saturated heterocycles. The average molecular weight is 289 g/mol. The minimum absolute atomic E-state index is 0.161. The Morgan fingerprint density at radius 3 is 2.52 bits per heavy atom. The highest BCUT2D eigenvalue weighted by Crippen LogP contribution is 2.19. The van der Waals surface area contributed by atoms with E-state index in [9.17, 15) is 9.18 Å². The van der Waals surface area contributed by atoms with E-state index in [2.05, 4.69) is 5.32 Å². The van der Waals surface area contributed by atoms with Crippen LogP contribution in [-0.4, -0.2) is 19.1 Å². The maximum absolute atomic E-state index is 13.0. The number of rotatable bonds is 6. The molecule has 2 aromatic carbocycles. The first-order valence-electron chi connectivity index (χ1n) is 6.58. The van der Waals surface area contributed by atoms with Crippen molar-refractivity contribution in [2.75, 3.05) is 18.5 Å². The third-order valence-corrected chi connectivity index (χ3v) is 2.59. The SMILES string of the molecule is CCOc1cccc(OCC(=O)Nc2cccc(F)c2)c1. The van der Waals surface area contributed by atoms with Crippen LogP contribution in [0.4, 0.5) is 10.1 Å². The molecule has 0 saturated carbocycles. The van der Waals surface area contributed by atoms with Crippen LogP contribution >= 0.6 is 0 Å². The third kappa shape index (κ3) is 4.80. The first-order valence-corrected chi connectivity index (χ1v) is 6.58. The number of anilines is 1. The van der Waals surface area contributed by atoms with Crippen LogP contribution in [0.15, 0.2) is 48.5 Å². The average Bonchev–Trinajstić information content (AvgIpc) is 2.46. The predicted octanol–water partition coefficient (Wildman–Crippen LogP) is 3.24. The van der Waals surface area contributed by atoms with Gasteiger partial charge in [-0.05, 0) is 37.3 Å². The summed E-state index contributed by atoms with van der Waals surface area (Å²) in [5.41, 5.74) is 0.395. The summed E-state index contributed by atoms with van der Waals surface area (Å²) in [7, 11) is 0. The van der Waals surface area contributed by atoms with Gasteiger partial charge < -0.3 is 14.8 Å². The van der Waals surface area contributed by atoms with Gasteiger partial charge in [-0.25, -0.2) is 4.39 Å². The summed E-state index contributed by atoms with van der Waals surface area (Å²) in [6.45, 7) is 2.29. The van der Waals surface area contributed by atoms with Crippen molar-refractivity contribution in [3.63, 3.8) is 0 Å². The minimum Gasteiger partial charge on any atom is -0.494 e. The smallest absolute Gasteiger partial charge is 0.262 e. The Kier molecular flexibility index (Phi) is 5.15. The third-order valence-electron chi connectivity index (χ3n) is 2.59. The molecule has 2 rings (SSSR count). The second-order valence-corrected chi connectivity index (χ2v) is 4.26. The van der Waals surface area contributed by atoms with Gasteiger partial charge in [-0.3, -0.25) is 4.79 Å². The molecule has 0 aromatic heterocycles. The fraction of sp³-hybridized carbons (Fsp3) is 0.188. The van der Waals surface area contributed by atoms with Crippen molar-refractivity contribution in [3.05, 3.63) is 54.3 Å². The summed E-state index contributed by atoms with van der Waals surface area (Å²) in [5, 5.41) is 2.56. The molecule has 21 heavy (non-hydrogen) atoms. The van der Waals surface area contributed by atoms with E-state index in [4.69, 9.17) is 9.47 Å². The van der Waals surface area contributed by atoms with Gasteiger partial charge in [0.15, 0.2) is 6.61 Å². The Morgan fingerprint density at radius 1 is 1.10 bits per heavy atom. The second-order valence-electron chi connectivity index (χ2n) is 4.26. The first kappa shape index (κ1) is 14.8. The Balaban J connectivity index is 1.87. The van der Waals surface area contributed by atoms with Crippen molar-refractivity contribution >= 4 is 11.6 Å². The molecule has 110 valence electrons. The largest absolute Gasteiger partial charge is 0.494 e. The zero-order chi connectivity index (χ0) is 15.1. The van der Waals surface area contributed by atoms with Gasteiger partial charge in [0.1, 0.15) is 17.3 Å². The highest BCUT2D eigenvalue weighted by atomic mass is 19.1. The normalized spacial score (nSPS) is 10.0. The molecule has 0 heterocycles. The van der Waals surface area contributed by atoms with Crippen LogP contribution in [0.5, 0.6) is 11.5 Å². The summed E-state index contributed by atoms with van der Waals surface area (Å²) >= 11 is 0. The number of benzene rings is 2. The number of carbonyl (C=O) groups is 1. The van der Waals surface area contributed by atoms with E-state index in [1.807, 2.05) is 13.0 Å². The molecule has 0 fully saturated rings. The van der Waals surface area contributed by atoms with E-state index >= 15 is 0 Å². The highest BCUT2D eigenvalue weighted by Gasteiger charge is 2.05. The van der Waals surface area contributed by atoms with E-state index in [1.54, 1.807) is 24.3 Å². The molecule has 2 aromatic rings. The Hall–Kier alpha value is -2.56. The van der Waals surface area contributed by atoms with Gasteiger partial charge in [0.2, 0.25) is 0 Å². The van der Waals surface area contributed by atoms with Crippen molar-refractivity contribution in [3.8, 4) is 11.5 Å². The molecule has 0 aliphatic heterocycles. The highest BCUT2D eigenvalue weighted by molar-refractivity contribution is 5.91. The zero-order valence-electron chi connectivity index (χ0n) is 11.6. The first-order chi connectivity index (χ1) is 10.2. The molecule has 0 radical (unpaired) electrons. The maximum Gasteiger partial charge on any atom is 0.262 e. The Morgan fingerprint density at radius 2 is 1.81 bits per heavy atom. The molecule has 0 atom stereocenters. The van der Waals surface area contributed by atoms with E-state index < -0.39 is 5.82 Å². The number of hydrogen-bond acceptors (Lipinski definition) is 3. The lowest BCUT2D eigenvalue weighted by Crippen LogP contribution is -2.20. The molecule has 1 N–H and O–H groups in total. The number of amides is 1. The number of halogens is 1. The fourth-order valence-electron chi connectivity index (χ4n) is 1.73. The summed E-state index contributed by atoms with van der Waals surface area (Å²) < 4.78 is 23.7. The summed E-state index contributed by atoms with van der Waals surface area (Å²) in [5.74, 6) is 0.455. The van der Waals surface area contributed by atoms with Crippen molar-refractivity contribution in [1.29, 1.82) is 0 Å². The quantitative estimate of drug-likeness (QED) is 0.888. The maximum atomic E-state index is 13.0. The van der Waals surface area contributed by atoms with Crippen LogP contribution in [0.25, 0.3) is 0 Å². The summed E-state index contributed by atoms with van der Waals surface area (Å²) in [6, 6.07) is 12.7.